The van der Waals surface area contributed by atoms with E-state index in [0.29, 0.717) is 12.2 Å². The number of hydrogen-bond acceptors (Lipinski definition) is 3. The number of aryl methyl sites for hydroxylation is 1. The van der Waals surface area contributed by atoms with Crippen molar-refractivity contribution in [2.75, 3.05) is 6.54 Å². The molecule has 0 aliphatic rings. The Labute approximate surface area is 90.1 Å². The highest BCUT2D eigenvalue weighted by Crippen LogP contribution is 2.14. The lowest BCUT2D eigenvalue weighted by Crippen LogP contribution is -2.33. The lowest BCUT2D eigenvalue weighted by molar-refractivity contribution is -0.121. The normalized spacial score (nSPS) is 13.0. The van der Waals surface area contributed by atoms with Gasteiger partial charge >= 0.3 is 6.18 Å². The lowest BCUT2D eigenvalue weighted by Gasteiger charge is -2.07. The Morgan fingerprint density at radius 3 is 2.56 bits per heavy atom. The number of aromatic amines is 1. The fourth-order valence-electron chi connectivity index (χ4n) is 0.914. The first kappa shape index (κ1) is 13.0. The molecule has 1 aromatic rings. The molecule has 0 saturated carbocycles. The molecule has 16 heavy (non-hydrogen) atoms. The molecule has 1 aromatic heterocycles. The topological polar surface area (TPSA) is 74.8 Å². The third-order valence-corrected chi connectivity index (χ3v) is 3.00. The highest BCUT2D eigenvalue weighted by Gasteiger charge is 2.30. The van der Waals surface area contributed by atoms with Crippen molar-refractivity contribution in [3.8, 4) is 0 Å². The van der Waals surface area contributed by atoms with Crippen molar-refractivity contribution >= 4 is 10.0 Å². The first-order valence-corrected chi connectivity index (χ1v) is 5.83. The van der Waals surface area contributed by atoms with E-state index in [9.17, 15) is 21.6 Å². The lowest BCUT2D eigenvalue weighted by atomic mass is 10.5. The third kappa shape index (κ3) is 3.49. The number of alkyl halides is 3. The van der Waals surface area contributed by atoms with Crippen LogP contribution in [0.1, 0.15) is 12.7 Å². The minimum absolute atomic E-state index is 0.367. The van der Waals surface area contributed by atoms with Gasteiger partial charge in [-0.25, -0.2) is 18.1 Å². The maximum absolute atomic E-state index is 11.8. The Morgan fingerprint density at radius 1 is 1.50 bits per heavy atom. The molecule has 1 rings (SSSR count). The summed E-state index contributed by atoms with van der Waals surface area (Å²) in [6.07, 6.45) is -3.13. The summed E-state index contributed by atoms with van der Waals surface area (Å²) in [6, 6.07) is 0. The van der Waals surface area contributed by atoms with Gasteiger partial charge in [0, 0.05) is 6.42 Å². The number of nitrogens with one attached hydrogen (secondary N) is 2. The summed E-state index contributed by atoms with van der Waals surface area (Å²) in [4.78, 5) is 6.10. The van der Waals surface area contributed by atoms with Crippen molar-refractivity contribution in [1.29, 1.82) is 0 Å². The average molecular weight is 257 g/mol. The quantitative estimate of drug-likeness (QED) is 0.838. The second kappa shape index (κ2) is 4.42. The highest BCUT2D eigenvalue weighted by molar-refractivity contribution is 7.89. The van der Waals surface area contributed by atoms with E-state index in [2.05, 4.69) is 9.97 Å². The van der Waals surface area contributed by atoms with Crippen LogP contribution in [0.5, 0.6) is 0 Å². The van der Waals surface area contributed by atoms with Crippen molar-refractivity contribution in [2.24, 2.45) is 0 Å². The zero-order chi connectivity index (χ0) is 12.4. The number of imidazole rings is 1. The van der Waals surface area contributed by atoms with Crippen molar-refractivity contribution in [3.05, 3.63) is 12.0 Å². The van der Waals surface area contributed by atoms with E-state index in [0.717, 1.165) is 6.20 Å². The van der Waals surface area contributed by atoms with E-state index in [1.807, 2.05) is 0 Å². The molecule has 92 valence electrons. The van der Waals surface area contributed by atoms with Gasteiger partial charge in [0.2, 0.25) is 0 Å². The average Bonchev–Trinajstić information content (AvgIpc) is 2.62. The summed E-state index contributed by atoms with van der Waals surface area (Å²) in [5.41, 5.74) is 0. The van der Waals surface area contributed by atoms with Crippen LogP contribution in [0.2, 0.25) is 0 Å². The van der Waals surface area contributed by atoms with Crippen molar-refractivity contribution in [3.63, 3.8) is 0 Å². The maximum atomic E-state index is 11.8. The van der Waals surface area contributed by atoms with E-state index in [4.69, 9.17) is 0 Å². The summed E-state index contributed by atoms with van der Waals surface area (Å²) in [7, 11) is -4.17. The molecule has 0 atom stereocenters. The second-order valence-corrected chi connectivity index (χ2v) is 4.72. The van der Waals surface area contributed by atoms with Crippen molar-refractivity contribution in [1.82, 2.24) is 14.7 Å². The molecular formula is C7H10F3N3O2S. The Balaban J connectivity index is 2.78. The van der Waals surface area contributed by atoms with E-state index in [-0.39, 0.29) is 5.03 Å². The van der Waals surface area contributed by atoms with Gasteiger partial charge in [-0.2, -0.15) is 13.2 Å². The minimum atomic E-state index is -4.58. The van der Waals surface area contributed by atoms with Gasteiger partial charge in [0.25, 0.3) is 10.0 Å². The fourth-order valence-corrected chi connectivity index (χ4v) is 1.87. The predicted octanol–water partition coefficient (Wildman–Crippen LogP) is 0.813. The molecule has 0 saturated heterocycles. The minimum Gasteiger partial charge on any atom is -0.332 e. The van der Waals surface area contributed by atoms with Crippen LogP contribution < -0.4 is 4.72 Å². The predicted molar refractivity (Wildman–Crippen MR) is 49.2 cm³/mol. The highest BCUT2D eigenvalue weighted by atomic mass is 32.2. The molecule has 2 N–H and O–H groups in total. The first-order valence-electron chi connectivity index (χ1n) is 4.35. The van der Waals surface area contributed by atoms with Crippen LogP contribution in [0.4, 0.5) is 13.2 Å². The van der Waals surface area contributed by atoms with Crippen molar-refractivity contribution < 1.29 is 21.6 Å². The van der Waals surface area contributed by atoms with Gasteiger partial charge in [-0.3, -0.25) is 0 Å². The van der Waals surface area contributed by atoms with Gasteiger partial charge in [0.15, 0.2) is 5.03 Å². The molecule has 0 spiro atoms. The molecular weight excluding hydrogens is 247 g/mol. The fraction of sp³-hybridized carbons (Fsp3) is 0.571. The van der Waals surface area contributed by atoms with Crippen molar-refractivity contribution in [2.45, 2.75) is 24.5 Å². The van der Waals surface area contributed by atoms with Gasteiger partial charge < -0.3 is 4.98 Å². The molecule has 9 heteroatoms. The number of aromatic nitrogens is 2. The third-order valence-electron chi connectivity index (χ3n) is 1.69. The number of halogens is 3. The molecule has 0 amide bonds. The molecule has 0 radical (unpaired) electrons. The summed E-state index contributed by atoms with van der Waals surface area (Å²) < 4.78 is 59.5. The van der Waals surface area contributed by atoms with Crippen LogP contribution >= 0.6 is 0 Å². The maximum Gasteiger partial charge on any atom is 0.402 e. The van der Waals surface area contributed by atoms with E-state index in [1.165, 1.54) is 4.72 Å². The number of sulfonamides is 1. The van der Waals surface area contributed by atoms with Gasteiger partial charge in [0.1, 0.15) is 12.4 Å². The molecule has 0 unspecified atom stereocenters. The van der Waals surface area contributed by atoms with Crippen LogP contribution in [-0.4, -0.2) is 31.1 Å². The van der Waals surface area contributed by atoms with Gasteiger partial charge in [-0.1, -0.05) is 6.92 Å². The largest absolute Gasteiger partial charge is 0.402 e. The number of H-pyrrole nitrogens is 1. The standard InChI is InChI=1S/C7H10F3N3O2S/c1-2-5-11-3-6(13-5)16(14,15)12-4-7(8,9)10/h3,12H,2,4H2,1H3,(H,11,13). The van der Waals surface area contributed by atoms with Gasteiger partial charge in [0.05, 0.1) is 6.20 Å². The zero-order valence-electron chi connectivity index (χ0n) is 8.30. The Kier molecular flexibility index (Phi) is 3.58. The SMILES string of the molecule is CCc1ncc(S(=O)(=O)NCC(F)(F)F)[nH]1. The Bertz CT molecular complexity index is 452. The van der Waals surface area contributed by atoms with Crippen LogP contribution in [0, 0.1) is 0 Å². The second-order valence-electron chi connectivity index (χ2n) is 2.99. The van der Waals surface area contributed by atoms with Crippen LogP contribution in [-0.2, 0) is 16.4 Å². The molecule has 1 heterocycles. The number of nitrogens with zero attached hydrogens (tertiary/aromatic N) is 1. The summed E-state index contributed by atoms with van der Waals surface area (Å²) in [5, 5.41) is -0.367. The van der Waals surface area contributed by atoms with E-state index >= 15 is 0 Å². The molecule has 0 aliphatic heterocycles. The van der Waals surface area contributed by atoms with Gasteiger partial charge in [-0.15, -0.1) is 0 Å². The monoisotopic (exact) mass is 257 g/mol. The summed E-state index contributed by atoms with van der Waals surface area (Å²) in [5.74, 6) is 0.396. The van der Waals surface area contributed by atoms with Crippen LogP contribution in [0.15, 0.2) is 11.2 Å². The van der Waals surface area contributed by atoms with E-state index in [1.54, 1.807) is 6.92 Å². The van der Waals surface area contributed by atoms with E-state index < -0.39 is 22.7 Å². The zero-order valence-corrected chi connectivity index (χ0v) is 9.11. The molecule has 0 bridgehead atoms. The summed E-state index contributed by atoms with van der Waals surface area (Å²) in [6.45, 7) is 0.133. The molecule has 5 nitrogen and oxygen atoms in total. The van der Waals surface area contributed by atoms with Crippen LogP contribution in [0.25, 0.3) is 0 Å². The smallest absolute Gasteiger partial charge is 0.332 e. The Hall–Kier alpha value is -1.09. The molecule has 0 aromatic carbocycles. The first-order chi connectivity index (χ1) is 7.24. The number of hydrogen-bond donors (Lipinski definition) is 2. The molecule has 0 fully saturated rings. The van der Waals surface area contributed by atoms with Gasteiger partial charge in [-0.05, 0) is 0 Å². The Morgan fingerprint density at radius 2 is 2.12 bits per heavy atom. The summed E-state index contributed by atoms with van der Waals surface area (Å²) >= 11 is 0. The number of rotatable bonds is 4. The van der Waals surface area contributed by atoms with Crippen LogP contribution in [0.3, 0.4) is 0 Å². The molecule has 0 aliphatic carbocycles.